The Morgan fingerprint density at radius 1 is 0.912 bits per heavy atom. The molecule has 0 fully saturated rings. The van der Waals surface area contributed by atoms with Crippen molar-refractivity contribution < 1.29 is 4.74 Å². The van der Waals surface area contributed by atoms with Crippen molar-refractivity contribution in [1.82, 2.24) is 19.4 Å². The number of para-hydroxylation sites is 3. The summed E-state index contributed by atoms with van der Waals surface area (Å²) in [6, 6.07) is 25.6. The van der Waals surface area contributed by atoms with E-state index in [-0.39, 0.29) is 17.7 Å². The highest BCUT2D eigenvalue weighted by atomic mass is 16.5. The van der Waals surface area contributed by atoms with Crippen molar-refractivity contribution in [3.63, 3.8) is 0 Å². The summed E-state index contributed by atoms with van der Waals surface area (Å²) < 4.78 is 8.46. The quantitative estimate of drug-likeness (QED) is 0.399. The molecule has 0 aliphatic heterocycles. The molecule has 3 aromatic carbocycles. The molecule has 0 aliphatic rings. The van der Waals surface area contributed by atoms with Crippen LogP contribution in [0.4, 0.5) is 0 Å². The Kier molecular flexibility index (Phi) is 5.61. The maximum absolute atomic E-state index is 13.2. The fraction of sp³-hybridized carbons (Fsp3) is 0.0769. The summed E-state index contributed by atoms with van der Waals surface area (Å²) in [5.74, 6) is 0.966. The van der Waals surface area contributed by atoms with E-state index in [1.807, 2.05) is 66.7 Å². The number of H-pyrrole nitrogens is 1. The second-order valence-corrected chi connectivity index (χ2v) is 7.64. The molecule has 0 aliphatic carbocycles. The standard InChI is InChI=1S/C26H21N5O3/c1-18-22(26(33)30(29-18)19-10-4-2-5-11-19)16-27-31-24(17-34-20-12-6-3-7-13-20)28-23-15-9-8-14-21(23)25(31)32/h2-16,29H,17H2,1H3/b27-16-. The Balaban J connectivity index is 1.57. The van der Waals surface area contributed by atoms with Gasteiger partial charge < -0.3 is 4.74 Å². The van der Waals surface area contributed by atoms with Crippen molar-refractivity contribution in [2.24, 2.45) is 5.10 Å². The number of aryl methyl sites for hydroxylation is 1. The van der Waals surface area contributed by atoms with Gasteiger partial charge in [-0.25, -0.2) is 9.67 Å². The van der Waals surface area contributed by atoms with E-state index in [4.69, 9.17) is 4.74 Å². The van der Waals surface area contributed by atoms with Gasteiger partial charge in [-0.1, -0.05) is 48.5 Å². The van der Waals surface area contributed by atoms with Crippen molar-refractivity contribution in [3.05, 3.63) is 123 Å². The highest BCUT2D eigenvalue weighted by Crippen LogP contribution is 2.13. The minimum atomic E-state index is -0.343. The highest BCUT2D eigenvalue weighted by molar-refractivity contribution is 5.81. The van der Waals surface area contributed by atoms with Crippen LogP contribution in [0.15, 0.2) is 99.6 Å². The summed E-state index contributed by atoms with van der Waals surface area (Å²) in [6.07, 6.45) is 1.39. The van der Waals surface area contributed by atoms with Gasteiger partial charge in [-0.05, 0) is 43.3 Å². The number of nitrogens with one attached hydrogen (secondary N) is 1. The molecule has 0 saturated heterocycles. The van der Waals surface area contributed by atoms with Gasteiger partial charge in [0.05, 0.1) is 28.4 Å². The maximum Gasteiger partial charge on any atom is 0.282 e. The van der Waals surface area contributed by atoms with Crippen LogP contribution in [-0.4, -0.2) is 25.7 Å². The Bertz CT molecular complexity index is 1600. The summed E-state index contributed by atoms with van der Waals surface area (Å²) in [4.78, 5) is 30.9. The van der Waals surface area contributed by atoms with Crippen LogP contribution in [0.25, 0.3) is 16.6 Å². The van der Waals surface area contributed by atoms with Gasteiger partial charge in [0.2, 0.25) is 0 Å². The molecule has 1 N–H and O–H groups in total. The second kappa shape index (κ2) is 9.03. The van der Waals surface area contributed by atoms with E-state index in [9.17, 15) is 9.59 Å². The van der Waals surface area contributed by atoms with Crippen molar-refractivity contribution in [1.29, 1.82) is 0 Å². The average molecular weight is 451 g/mol. The van der Waals surface area contributed by atoms with Gasteiger partial charge in [-0.2, -0.15) is 9.78 Å². The second-order valence-electron chi connectivity index (χ2n) is 7.64. The van der Waals surface area contributed by atoms with Crippen LogP contribution in [0.2, 0.25) is 0 Å². The molecular weight excluding hydrogens is 430 g/mol. The third-order valence-electron chi connectivity index (χ3n) is 5.37. The molecule has 2 heterocycles. The fourth-order valence-electron chi connectivity index (χ4n) is 3.63. The Morgan fingerprint density at radius 3 is 2.35 bits per heavy atom. The van der Waals surface area contributed by atoms with Crippen LogP contribution in [0, 0.1) is 6.92 Å². The van der Waals surface area contributed by atoms with Crippen LogP contribution >= 0.6 is 0 Å². The predicted octanol–water partition coefficient (Wildman–Crippen LogP) is 3.65. The Morgan fingerprint density at radius 2 is 1.59 bits per heavy atom. The molecule has 0 saturated carbocycles. The van der Waals surface area contributed by atoms with Gasteiger partial charge >= 0.3 is 0 Å². The van der Waals surface area contributed by atoms with E-state index in [1.165, 1.54) is 15.6 Å². The molecule has 2 aromatic heterocycles. The van der Waals surface area contributed by atoms with E-state index >= 15 is 0 Å². The molecular formula is C26H21N5O3. The lowest BCUT2D eigenvalue weighted by Gasteiger charge is -2.10. The normalized spacial score (nSPS) is 11.3. The molecule has 8 heteroatoms. The topological polar surface area (TPSA) is 94.3 Å². The van der Waals surface area contributed by atoms with Gasteiger partial charge in [0.1, 0.15) is 12.4 Å². The molecule has 0 unspecified atom stereocenters. The molecule has 0 atom stereocenters. The predicted molar refractivity (Wildman–Crippen MR) is 131 cm³/mol. The van der Waals surface area contributed by atoms with Crippen LogP contribution in [0.3, 0.4) is 0 Å². The third-order valence-corrected chi connectivity index (χ3v) is 5.37. The van der Waals surface area contributed by atoms with Crippen LogP contribution in [-0.2, 0) is 6.61 Å². The molecule has 0 bridgehead atoms. The van der Waals surface area contributed by atoms with E-state index in [0.717, 1.165) is 0 Å². The minimum absolute atomic E-state index is 0.0296. The largest absolute Gasteiger partial charge is 0.486 e. The van der Waals surface area contributed by atoms with Gasteiger partial charge in [0.25, 0.3) is 11.1 Å². The summed E-state index contributed by atoms with van der Waals surface area (Å²) in [5.41, 5.74) is 1.62. The van der Waals surface area contributed by atoms with Gasteiger partial charge in [0.15, 0.2) is 5.82 Å². The third kappa shape index (κ3) is 4.04. The number of nitrogens with zero attached hydrogens (tertiary/aromatic N) is 4. The number of hydrogen-bond acceptors (Lipinski definition) is 5. The Labute approximate surface area is 194 Å². The summed E-state index contributed by atoms with van der Waals surface area (Å²) in [7, 11) is 0. The zero-order valence-corrected chi connectivity index (χ0v) is 18.4. The fourth-order valence-corrected chi connectivity index (χ4v) is 3.63. The SMILES string of the molecule is Cc1[nH]n(-c2ccccc2)c(=O)c1/C=N\n1c(COc2ccccc2)nc2ccccc2c1=O. The van der Waals surface area contributed by atoms with Gasteiger partial charge in [0, 0.05) is 5.69 Å². The first kappa shape index (κ1) is 21.1. The molecule has 0 amide bonds. The number of rotatable bonds is 6. The van der Waals surface area contributed by atoms with E-state index in [0.29, 0.717) is 39.4 Å². The molecule has 0 radical (unpaired) electrons. The lowest BCUT2D eigenvalue weighted by Crippen LogP contribution is -2.24. The number of ether oxygens (including phenoxy) is 1. The minimum Gasteiger partial charge on any atom is -0.486 e. The summed E-state index contributed by atoms with van der Waals surface area (Å²) in [6.45, 7) is 1.81. The summed E-state index contributed by atoms with van der Waals surface area (Å²) >= 11 is 0. The van der Waals surface area contributed by atoms with Crippen LogP contribution < -0.4 is 15.9 Å². The number of aromatic amines is 1. The highest BCUT2D eigenvalue weighted by Gasteiger charge is 2.14. The molecule has 5 aromatic rings. The van der Waals surface area contributed by atoms with Crippen molar-refractivity contribution >= 4 is 17.1 Å². The van der Waals surface area contributed by atoms with Crippen molar-refractivity contribution in [2.45, 2.75) is 13.5 Å². The number of hydrogen-bond donors (Lipinski definition) is 1. The van der Waals surface area contributed by atoms with Crippen LogP contribution in [0.1, 0.15) is 17.1 Å². The number of aromatic nitrogens is 4. The maximum atomic E-state index is 13.2. The van der Waals surface area contributed by atoms with E-state index in [1.54, 1.807) is 25.1 Å². The molecule has 34 heavy (non-hydrogen) atoms. The van der Waals surface area contributed by atoms with E-state index in [2.05, 4.69) is 15.2 Å². The first-order valence-electron chi connectivity index (χ1n) is 10.7. The zero-order valence-electron chi connectivity index (χ0n) is 18.4. The first-order valence-corrected chi connectivity index (χ1v) is 10.7. The van der Waals surface area contributed by atoms with Crippen molar-refractivity contribution in [2.75, 3.05) is 0 Å². The smallest absolute Gasteiger partial charge is 0.282 e. The van der Waals surface area contributed by atoms with Gasteiger partial charge in [-0.3, -0.25) is 14.7 Å². The molecule has 0 spiro atoms. The van der Waals surface area contributed by atoms with Crippen LogP contribution in [0.5, 0.6) is 5.75 Å². The zero-order chi connectivity index (χ0) is 23.5. The molecule has 168 valence electrons. The van der Waals surface area contributed by atoms with Gasteiger partial charge in [-0.15, -0.1) is 0 Å². The molecule has 5 rings (SSSR count). The van der Waals surface area contributed by atoms with Crippen molar-refractivity contribution in [3.8, 4) is 11.4 Å². The number of benzene rings is 3. The number of fused-ring (bicyclic) bond motifs is 1. The average Bonchev–Trinajstić information content (AvgIpc) is 3.16. The Hall–Kier alpha value is -4.72. The molecule has 8 nitrogen and oxygen atoms in total. The monoisotopic (exact) mass is 451 g/mol. The van der Waals surface area contributed by atoms with E-state index < -0.39 is 0 Å². The lowest BCUT2D eigenvalue weighted by molar-refractivity contribution is 0.289. The first-order chi connectivity index (χ1) is 16.6. The summed E-state index contributed by atoms with van der Waals surface area (Å²) in [5, 5.41) is 7.85. The lowest BCUT2D eigenvalue weighted by atomic mass is 10.2.